The minimum Gasteiger partial charge on any atom is -0.455 e. The van der Waals surface area contributed by atoms with Crippen molar-refractivity contribution in [2.75, 3.05) is 38.3 Å². The van der Waals surface area contributed by atoms with Crippen LogP contribution in [0.1, 0.15) is 75.5 Å². The second kappa shape index (κ2) is 14.2. The van der Waals surface area contributed by atoms with Crippen LogP contribution in [0.2, 0.25) is 0 Å². The number of rotatable bonds is 12. The predicted octanol–water partition coefficient (Wildman–Crippen LogP) is 4.29. The molecule has 270 valence electrons. The average Bonchev–Trinajstić information content (AvgIpc) is 3.47. The maximum atomic E-state index is 16.9. The van der Waals surface area contributed by atoms with Gasteiger partial charge in [-0.3, -0.25) is 23.5 Å². The molecule has 1 fully saturated rings. The van der Waals surface area contributed by atoms with E-state index in [9.17, 15) is 18.9 Å². The first kappa shape index (κ1) is 39.0. The topological polar surface area (TPSA) is 215 Å². The zero-order chi connectivity index (χ0) is 36.5. The van der Waals surface area contributed by atoms with Crippen LogP contribution in [0, 0.1) is 16.2 Å². The number of nitrogens with one attached hydrogen (secondary N) is 1. The lowest BCUT2D eigenvalue weighted by Crippen LogP contribution is -2.45. The van der Waals surface area contributed by atoms with Gasteiger partial charge >= 0.3 is 25.7 Å². The Kier molecular flexibility index (Phi) is 11.5. The molecule has 0 saturated carbocycles. The molecule has 2 aromatic heterocycles. The summed E-state index contributed by atoms with van der Waals surface area (Å²) in [6.07, 6.45) is -3.32. The van der Waals surface area contributed by atoms with Crippen LogP contribution in [0.4, 0.5) is 16.2 Å². The van der Waals surface area contributed by atoms with Gasteiger partial charge in [0.05, 0.1) is 29.2 Å². The number of anilines is 2. The van der Waals surface area contributed by atoms with E-state index in [1.807, 2.05) is 0 Å². The van der Waals surface area contributed by atoms with Crippen LogP contribution < -0.4 is 11.1 Å². The minimum atomic E-state index is -4.72. The summed E-state index contributed by atoms with van der Waals surface area (Å²) in [5.41, 5.74) is 0.913. The summed E-state index contributed by atoms with van der Waals surface area (Å²) in [7, 11) is -3.13. The summed E-state index contributed by atoms with van der Waals surface area (Å²) in [4.78, 5) is 50.1. The molecule has 3 N–H and O–H groups in total. The lowest BCUT2D eigenvalue weighted by Gasteiger charge is -2.30. The van der Waals surface area contributed by atoms with E-state index in [0.717, 1.165) is 6.92 Å². The van der Waals surface area contributed by atoms with E-state index >= 15 is 4.39 Å². The van der Waals surface area contributed by atoms with Crippen LogP contribution in [0.5, 0.6) is 0 Å². The van der Waals surface area contributed by atoms with Crippen LogP contribution in [-0.4, -0.2) is 82.5 Å². The number of hydrogen-bond acceptors (Lipinski definition) is 16. The molecular formula is C29H46FN6O11P. The molecule has 2 aromatic rings. The Morgan fingerprint density at radius 3 is 1.96 bits per heavy atom. The lowest BCUT2D eigenvalue weighted by atomic mass is 9.95. The van der Waals surface area contributed by atoms with Crippen molar-refractivity contribution in [3.05, 3.63) is 6.33 Å². The number of esters is 3. The van der Waals surface area contributed by atoms with Gasteiger partial charge < -0.3 is 30.0 Å². The summed E-state index contributed by atoms with van der Waals surface area (Å²) in [6.45, 7) is 13.0. The van der Waals surface area contributed by atoms with Gasteiger partial charge in [-0.1, -0.05) is 0 Å². The maximum absolute atomic E-state index is 16.9. The summed E-state index contributed by atoms with van der Waals surface area (Å²) in [5, 5.41) is 2.84. The Bertz CT molecular complexity index is 1510. The van der Waals surface area contributed by atoms with E-state index in [2.05, 4.69) is 20.3 Å². The van der Waals surface area contributed by atoms with Gasteiger partial charge in [-0.25, -0.2) is 23.0 Å². The SMILES string of the molecule is CNc1nc(N)nc2c1ncn2[C@@H]1O[C@H](COP(=O)(OCOC(=O)C(C)(C)C)OCOC(=O)C(C)(C)C)[C@@H](OC(=O)C(C)(C)C)[C@@]1(C)F. The molecule has 0 radical (unpaired) electrons. The number of nitrogen functional groups attached to an aromatic ring is 1. The van der Waals surface area contributed by atoms with Crippen LogP contribution in [0.3, 0.4) is 0 Å². The Morgan fingerprint density at radius 1 is 0.958 bits per heavy atom. The molecule has 17 nitrogen and oxygen atoms in total. The number of fused-ring (bicyclic) bond motifs is 1. The highest BCUT2D eigenvalue weighted by Gasteiger charge is 2.59. The van der Waals surface area contributed by atoms with Crippen molar-refractivity contribution in [2.24, 2.45) is 16.2 Å². The van der Waals surface area contributed by atoms with Crippen molar-refractivity contribution in [1.82, 2.24) is 19.5 Å². The first-order valence-corrected chi connectivity index (χ1v) is 16.5. The van der Waals surface area contributed by atoms with Crippen molar-refractivity contribution in [1.29, 1.82) is 0 Å². The van der Waals surface area contributed by atoms with Crippen LogP contribution in [0.15, 0.2) is 6.33 Å². The molecule has 4 atom stereocenters. The van der Waals surface area contributed by atoms with Crippen molar-refractivity contribution >= 4 is 48.7 Å². The number of imidazole rings is 1. The van der Waals surface area contributed by atoms with E-state index in [-0.39, 0.29) is 22.9 Å². The number of alkyl halides is 1. The van der Waals surface area contributed by atoms with Gasteiger partial charge in [-0.15, -0.1) is 0 Å². The zero-order valence-corrected chi connectivity index (χ0v) is 30.0. The van der Waals surface area contributed by atoms with Gasteiger partial charge in [-0.05, 0) is 69.2 Å². The number of hydrogen-bond donors (Lipinski definition) is 2. The number of carbonyl (C=O) groups excluding carboxylic acids is 3. The highest BCUT2D eigenvalue weighted by molar-refractivity contribution is 7.48. The zero-order valence-electron chi connectivity index (χ0n) is 29.1. The highest BCUT2D eigenvalue weighted by atomic mass is 31.2. The monoisotopic (exact) mass is 704 g/mol. The molecule has 0 bridgehead atoms. The second-order valence-electron chi connectivity index (χ2n) is 14.4. The third-order valence-corrected chi connectivity index (χ3v) is 8.19. The van der Waals surface area contributed by atoms with Crippen molar-refractivity contribution in [3.8, 4) is 0 Å². The molecule has 19 heteroatoms. The van der Waals surface area contributed by atoms with Gasteiger partial charge in [0.15, 0.2) is 35.0 Å². The number of phosphoric acid groups is 1. The number of ether oxygens (including phenoxy) is 4. The van der Waals surface area contributed by atoms with Crippen molar-refractivity contribution in [2.45, 2.75) is 93.3 Å². The average molecular weight is 705 g/mol. The molecular weight excluding hydrogens is 658 g/mol. The fourth-order valence-corrected chi connectivity index (χ4v) is 5.02. The van der Waals surface area contributed by atoms with Gasteiger partial charge in [-0.2, -0.15) is 9.97 Å². The van der Waals surface area contributed by atoms with Crippen LogP contribution >= 0.6 is 7.82 Å². The largest absolute Gasteiger partial charge is 0.480 e. The van der Waals surface area contributed by atoms with E-state index in [0.29, 0.717) is 0 Å². The standard InChI is InChI=1S/C29H46FN6O11P/c1-26(2,3)22(37)41-14-44-48(40,45-15-42-23(38)27(4,5)6)43-12-16-18(47-24(39)28(7,8)9)29(10,30)21(46-16)36-13-33-17-19(32-11)34-25(31)35-20(17)36/h13,16,18,21H,12,14-15H2,1-11H3,(H3,31,32,34,35)/t16-,18-,21-,29-/m1/s1. The fourth-order valence-electron chi connectivity index (χ4n) is 4.10. The Balaban J connectivity index is 1.93. The summed E-state index contributed by atoms with van der Waals surface area (Å²) in [5.74, 6) is -1.98. The molecule has 3 rings (SSSR count). The summed E-state index contributed by atoms with van der Waals surface area (Å²) in [6, 6.07) is 0. The fraction of sp³-hybridized carbons (Fsp3) is 0.724. The third-order valence-electron chi connectivity index (χ3n) is 6.88. The smallest absolute Gasteiger partial charge is 0.455 e. The van der Waals surface area contributed by atoms with Crippen LogP contribution in [-0.2, 0) is 51.5 Å². The molecule has 0 spiro atoms. The molecule has 48 heavy (non-hydrogen) atoms. The Hall–Kier alpha value is -3.44. The second-order valence-corrected chi connectivity index (χ2v) is 16.0. The first-order chi connectivity index (χ1) is 21.9. The van der Waals surface area contributed by atoms with Gasteiger partial charge in [0, 0.05) is 7.05 Å². The quantitative estimate of drug-likeness (QED) is 0.136. The highest BCUT2D eigenvalue weighted by Crippen LogP contribution is 2.52. The molecule has 0 aliphatic carbocycles. The predicted molar refractivity (Wildman–Crippen MR) is 169 cm³/mol. The summed E-state index contributed by atoms with van der Waals surface area (Å²) >= 11 is 0. The summed E-state index contributed by atoms with van der Waals surface area (Å²) < 4.78 is 69.6. The molecule has 1 saturated heterocycles. The first-order valence-electron chi connectivity index (χ1n) is 15.0. The molecule has 0 amide bonds. The molecule has 1 aliphatic heterocycles. The third kappa shape index (κ3) is 9.16. The molecule has 0 unspecified atom stereocenters. The Morgan fingerprint density at radius 2 is 1.48 bits per heavy atom. The number of aromatic nitrogens is 4. The van der Waals surface area contributed by atoms with Gasteiger partial charge in [0.25, 0.3) is 0 Å². The number of halogens is 1. The number of phosphoric ester groups is 1. The number of nitrogens with two attached hydrogens (primary N) is 1. The van der Waals surface area contributed by atoms with E-state index in [1.165, 1.54) is 10.9 Å². The van der Waals surface area contributed by atoms with E-state index in [1.54, 1.807) is 69.4 Å². The Labute approximate surface area is 278 Å². The molecule has 0 aromatic carbocycles. The number of nitrogens with zero attached hydrogens (tertiary/aromatic N) is 4. The maximum Gasteiger partial charge on any atom is 0.480 e. The van der Waals surface area contributed by atoms with E-state index in [4.69, 9.17) is 38.3 Å². The minimum absolute atomic E-state index is 0.113. The normalized spacial score (nSPS) is 22.0. The van der Waals surface area contributed by atoms with Crippen molar-refractivity contribution < 1.29 is 55.9 Å². The van der Waals surface area contributed by atoms with Crippen LogP contribution in [0.25, 0.3) is 11.2 Å². The molecule has 1 aliphatic rings. The van der Waals surface area contributed by atoms with Crippen molar-refractivity contribution in [3.63, 3.8) is 0 Å². The molecule has 3 heterocycles. The lowest BCUT2D eigenvalue weighted by molar-refractivity contribution is -0.168. The number of carbonyl (C=O) groups is 3. The van der Waals surface area contributed by atoms with Gasteiger partial charge in [0.2, 0.25) is 19.5 Å². The van der Waals surface area contributed by atoms with E-state index < -0.39 is 86.3 Å². The van der Waals surface area contributed by atoms with Gasteiger partial charge in [0.1, 0.15) is 6.10 Å².